The summed E-state index contributed by atoms with van der Waals surface area (Å²) in [4.78, 5) is 8.32. The molecule has 2 rings (SSSR count). The molecular formula is C13H14F2N4. The quantitative estimate of drug-likeness (QED) is 0.894. The van der Waals surface area contributed by atoms with Gasteiger partial charge in [-0.3, -0.25) is 0 Å². The Kier molecular flexibility index (Phi) is 3.59. The van der Waals surface area contributed by atoms with E-state index in [0.29, 0.717) is 29.4 Å². The van der Waals surface area contributed by atoms with Gasteiger partial charge in [0, 0.05) is 12.0 Å². The summed E-state index contributed by atoms with van der Waals surface area (Å²) in [7, 11) is 0. The van der Waals surface area contributed by atoms with Crippen LogP contribution in [-0.2, 0) is 6.42 Å². The Bertz CT molecular complexity index is 614. The van der Waals surface area contributed by atoms with Crippen molar-refractivity contribution in [3.05, 3.63) is 41.2 Å². The SMILES string of the molecule is CCc1nc(N)c(C)c(Nc2cccc(F)c2F)n1. The Hall–Kier alpha value is -2.24. The average molecular weight is 264 g/mol. The van der Waals surface area contributed by atoms with Gasteiger partial charge in [0.1, 0.15) is 17.5 Å². The van der Waals surface area contributed by atoms with Crippen LogP contribution in [0.3, 0.4) is 0 Å². The molecule has 0 saturated carbocycles. The molecule has 1 aromatic heterocycles. The molecule has 0 spiro atoms. The van der Waals surface area contributed by atoms with Crippen molar-refractivity contribution in [2.45, 2.75) is 20.3 Å². The zero-order chi connectivity index (χ0) is 14.0. The van der Waals surface area contributed by atoms with Crippen molar-refractivity contribution in [2.75, 3.05) is 11.1 Å². The number of nitrogens with one attached hydrogen (secondary N) is 1. The lowest BCUT2D eigenvalue weighted by atomic mass is 10.2. The highest BCUT2D eigenvalue weighted by atomic mass is 19.2. The molecule has 4 nitrogen and oxygen atoms in total. The van der Waals surface area contributed by atoms with Gasteiger partial charge >= 0.3 is 0 Å². The molecule has 0 radical (unpaired) electrons. The molecule has 3 N–H and O–H groups in total. The van der Waals surface area contributed by atoms with Gasteiger partial charge in [-0.15, -0.1) is 0 Å². The molecule has 1 aromatic carbocycles. The number of nitrogen functional groups attached to an aromatic ring is 1. The normalized spacial score (nSPS) is 10.5. The van der Waals surface area contributed by atoms with E-state index in [1.165, 1.54) is 12.1 Å². The molecule has 0 unspecified atom stereocenters. The molecule has 0 fully saturated rings. The van der Waals surface area contributed by atoms with Crippen LogP contribution in [0.4, 0.5) is 26.1 Å². The summed E-state index contributed by atoms with van der Waals surface area (Å²) in [5.74, 6) is -0.611. The van der Waals surface area contributed by atoms with E-state index < -0.39 is 11.6 Å². The minimum atomic E-state index is -0.947. The number of aromatic nitrogens is 2. The Morgan fingerprint density at radius 1 is 1.26 bits per heavy atom. The molecule has 0 aliphatic rings. The van der Waals surface area contributed by atoms with Gasteiger partial charge in [-0.25, -0.2) is 18.7 Å². The first-order chi connectivity index (χ1) is 9.02. The van der Waals surface area contributed by atoms with Gasteiger partial charge in [-0.05, 0) is 19.1 Å². The van der Waals surface area contributed by atoms with Crippen LogP contribution in [0, 0.1) is 18.6 Å². The number of aryl methyl sites for hydroxylation is 1. The van der Waals surface area contributed by atoms with Crippen molar-refractivity contribution in [1.29, 1.82) is 0 Å². The number of anilines is 3. The summed E-state index contributed by atoms with van der Waals surface area (Å²) in [6.07, 6.45) is 0.602. The third kappa shape index (κ3) is 2.62. The zero-order valence-corrected chi connectivity index (χ0v) is 10.7. The van der Waals surface area contributed by atoms with Crippen LogP contribution in [0.15, 0.2) is 18.2 Å². The lowest BCUT2D eigenvalue weighted by Crippen LogP contribution is -2.07. The molecule has 0 amide bonds. The predicted octanol–water partition coefficient (Wildman–Crippen LogP) is 2.95. The van der Waals surface area contributed by atoms with Crippen LogP contribution in [0.2, 0.25) is 0 Å². The molecule has 2 aromatic rings. The molecule has 1 heterocycles. The summed E-state index contributed by atoms with van der Waals surface area (Å²) in [5, 5.41) is 2.75. The largest absolute Gasteiger partial charge is 0.383 e. The summed E-state index contributed by atoms with van der Waals surface area (Å²) in [5.41, 5.74) is 6.37. The minimum absolute atomic E-state index is 0.0169. The van der Waals surface area contributed by atoms with Gasteiger partial charge < -0.3 is 11.1 Å². The second-order valence-corrected chi connectivity index (χ2v) is 4.08. The highest BCUT2D eigenvalue weighted by molar-refractivity contribution is 5.64. The van der Waals surface area contributed by atoms with Gasteiger partial charge in [-0.2, -0.15) is 0 Å². The Balaban J connectivity index is 2.43. The van der Waals surface area contributed by atoms with E-state index in [4.69, 9.17) is 5.73 Å². The Morgan fingerprint density at radius 2 is 2.00 bits per heavy atom. The third-order valence-electron chi connectivity index (χ3n) is 2.75. The van der Waals surface area contributed by atoms with Crippen LogP contribution in [-0.4, -0.2) is 9.97 Å². The number of rotatable bonds is 3. The van der Waals surface area contributed by atoms with E-state index in [-0.39, 0.29) is 5.69 Å². The van der Waals surface area contributed by atoms with Crippen LogP contribution < -0.4 is 11.1 Å². The number of nitrogens with zero attached hydrogens (tertiary/aromatic N) is 2. The fraction of sp³-hybridized carbons (Fsp3) is 0.231. The molecule has 0 aliphatic carbocycles. The molecular weight excluding hydrogens is 250 g/mol. The van der Waals surface area contributed by atoms with Crippen LogP contribution >= 0.6 is 0 Å². The van der Waals surface area contributed by atoms with E-state index in [9.17, 15) is 8.78 Å². The summed E-state index contributed by atoms with van der Waals surface area (Å²) >= 11 is 0. The fourth-order valence-corrected chi connectivity index (χ4v) is 1.59. The second kappa shape index (κ2) is 5.17. The first kappa shape index (κ1) is 13.2. The van der Waals surface area contributed by atoms with Crippen molar-refractivity contribution in [3.8, 4) is 0 Å². The molecule has 0 atom stereocenters. The van der Waals surface area contributed by atoms with Crippen molar-refractivity contribution in [3.63, 3.8) is 0 Å². The Labute approximate surface area is 109 Å². The standard InChI is InChI=1S/C13H14F2N4/c1-3-10-18-12(16)7(2)13(19-10)17-9-6-4-5-8(14)11(9)15/h4-6H,3H2,1-2H3,(H3,16,17,18,19). The van der Waals surface area contributed by atoms with Crippen LogP contribution in [0.1, 0.15) is 18.3 Å². The maximum absolute atomic E-state index is 13.6. The van der Waals surface area contributed by atoms with E-state index in [1.54, 1.807) is 6.92 Å². The molecule has 0 aliphatic heterocycles. The van der Waals surface area contributed by atoms with Gasteiger partial charge in [0.25, 0.3) is 0 Å². The van der Waals surface area contributed by atoms with Gasteiger partial charge in [0.15, 0.2) is 11.6 Å². The number of nitrogens with two attached hydrogens (primary N) is 1. The molecule has 19 heavy (non-hydrogen) atoms. The predicted molar refractivity (Wildman–Crippen MR) is 70.2 cm³/mol. The summed E-state index contributed by atoms with van der Waals surface area (Å²) in [6.45, 7) is 3.60. The van der Waals surface area contributed by atoms with Gasteiger partial charge in [0.2, 0.25) is 0 Å². The van der Waals surface area contributed by atoms with Crippen molar-refractivity contribution >= 4 is 17.3 Å². The van der Waals surface area contributed by atoms with E-state index in [1.807, 2.05) is 6.92 Å². The molecule has 6 heteroatoms. The highest BCUT2D eigenvalue weighted by Crippen LogP contribution is 2.24. The minimum Gasteiger partial charge on any atom is -0.383 e. The lowest BCUT2D eigenvalue weighted by Gasteiger charge is -2.12. The summed E-state index contributed by atoms with van der Waals surface area (Å²) < 4.78 is 26.7. The number of hydrogen-bond acceptors (Lipinski definition) is 4. The van der Waals surface area contributed by atoms with Crippen molar-refractivity contribution in [2.24, 2.45) is 0 Å². The monoisotopic (exact) mass is 264 g/mol. The molecule has 0 saturated heterocycles. The summed E-state index contributed by atoms with van der Waals surface area (Å²) in [6, 6.07) is 3.91. The van der Waals surface area contributed by atoms with E-state index >= 15 is 0 Å². The maximum Gasteiger partial charge on any atom is 0.182 e. The number of halogens is 2. The lowest BCUT2D eigenvalue weighted by molar-refractivity contribution is 0.511. The fourth-order valence-electron chi connectivity index (χ4n) is 1.59. The van der Waals surface area contributed by atoms with Crippen LogP contribution in [0.5, 0.6) is 0 Å². The van der Waals surface area contributed by atoms with E-state index in [2.05, 4.69) is 15.3 Å². The molecule has 100 valence electrons. The van der Waals surface area contributed by atoms with Gasteiger partial charge in [-0.1, -0.05) is 13.0 Å². The smallest absolute Gasteiger partial charge is 0.182 e. The average Bonchev–Trinajstić information content (AvgIpc) is 2.39. The first-order valence-electron chi connectivity index (χ1n) is 5.87. The number of benzene rings is 1. The molecule has 0 bridgehead atoms. The number of hydrogen-bond donors (Lipinski definition) is 2. The van der Waals surface area contributed by atoms with Gasteiger partial charge in [0.05, 0.1) is 5.69 Å². The van der Waals surface area contributed by atoms with E-state index in [0.717, 1.165) is 6.07 Å². The van der Waals surface area contributed by atoms with Crippen LogP contribution in [0.25, 0.3) is 0 Å². The van der Waals surface area contributed by atoms with Crippen molar-refractivity contribution in [1.82, 2.24) is 9.97 Å². The van der Waals surface area contributed by atoms with Crippen molar-refractivity contribution < 1.29 is 8.78 Å². The zero-order valence-electron chi connectivity index (χ0n) is 10.7. The topological polar surface area (TPSA) is 63.8 Å². The third-order valence-corrected chi connectivity index (χ3v) is 2.75. The first-order valence-corrected chi connectivity index (χ1v) is 5.87. The second-order valence-electron chi connectivity index (χ2n) is 4.08. The Morgan fingerprint density at radius 3 is 2.68 bits per heavy atom. The highest BCUT2D eigenvalue weighted by Gasteiger charge is 2.12. The maximum atomic E-state index is 13.6.